The number of quaternary nitrogens is 1. The molecule has 1 unspecified atom stereocenters. The van der Waals surface area contributed by atoms with Crippen molar-refractivity contribution in [2.45, 2.75) is 57.5 Å². The maximum Gasteiger partial charge on any atom is 0.320 e. The molecule has 5 nitrogen and oxygen atoms in total. The number of amides is 2. The summed E-state index contributed by atoms with van der Waals surface area (Å²) >= 11 is 6.19. The molecule has 7 heteroatoms. The zero-order valence-corrected chi connectivity index (χ0v) is 26.8. The van der Waals surface area contributed by atoms with Crippen LogP contribution in [0.5, 0.6) is 0 Å². The Labute approximate surface area is 271 Å². The fourth-order valence-electron chi connectivity index (χ4n) is 8.37. The van der Waals surface area contributed by atoms with Crippen LogP contribution in [0.4, 0.5) is 4.39 Å². The van der Waals surface area contributed by atoms with Crippen LogP contribution >= 0.6 is 11.6 Å². The third-order valence-corrected chi connectivity index (χ3v) is 11.4. The third kappa shape index (κ3) is 6.61. The Hall–Kier alpha value is -3.06. The highest BCUT2D eigenvalue weighted by atomic mass is 35.5. The molecule has 3 atom stereocenters. The third-order valence-electron chi connectivity index (χ3n) is 11.2. The smallest absolute Gasteiger partial charge is 0.320 e. The lowest BCUT2D eigenvalue weighted by Gasteiger charge is -2.40. The highest BCUT2D eigenvalue weighted by Crippen LogP contribution is 2.47. The molecular weight excluding hydrogens is 585 g/mol. The largest absolute Gasteiger partial charge is 0.342 e. The summed E-state index contributed by atoms with van der Waals surface area (Å²) in [4.78, 5) is 32.5. The van der Waals surface area contributed by atoms with Gasteiger partial charge in [0, 0.05) is 54.5 Å². The van der Waals surface area contributed by atoms with Gasteiger partial charge in [-0.2, -0.15) is 0 Å². The van der Waals surface area contributed by atoms with Crippen molar-refractivity contribution in [3.8, 4) is 0 Å². The Kier molecular flexibility index (Phi) is 8.58. The highest BCUT2D eigenvalue weighted by Gasteiger charge is 2.58. The minimum Gasteiger partial charge on any atom is -0.342 e. The van der Waals surface area contributed by atoms with Gasteiger partial charge < -0.3 is 9.80 Å². The van der Waals surface area contributed by atoms with E-state index < -0.39 is 0 Å². The van der Waals surface area contributed by atoms with Crippen molar-refractivity contribution in [3.63, 3.8) is 0 Å². The molecule has 7 rings (SSSR count). The lowest BCUT2D eigenvalue weighted by molar-refractivity contribution is -0.874. The van der Waals surface area contributed by atoms with E-state index in [0.717, 1.165) is 69.7 Å². The lowest BCUT2D eigenvalue weighted by Crippen LogP contribution is -2.53. The molecule has 1 spiro atoms. The van der Waals surface area contributed by atoms with Gasteiger partial charge in [0.2, 0.25) is 5.91 Å². The molecule has 3 saturated heterocycles. The molecule has 45 heavy (non-hydrogen) atoms. The molecule has 3 aromatic rings. The fourth-order valence-corrected chi connectivity index (χ4v) is 8.50. The summed E-state index contributed by atoms with van der Waals surface area (Å²) in [5, 5.41) is 0.688. The standard InChI is InChI=1S/C38H44ClFN3O2/c39-33-12-8-29(9-13-33)26-43(27-30-10-14-34(40)15-11-30)21-18-38(37(43)45)16-19-41(20-17-38)23-32-24-42(36(44)22-28-6-7-28)25-35(32)31-4-2-1-3-5-31/h1-5,8-15,28,32,35H,6-7,16-27H2/q+1/t32-,35+,43?/m0/s1. The maximum atomic E-state index is 14.7. The molecule has 0 radical (unpaired) electrons. The summed E-state index contributed by atoms with van der Waals surface area (Å²) in [6.45, 7) is 6.36. The van der Waals surface area contributed by atoms with Crippen molar-refractivity contribution in [2.75, 3.05) is 39.3 Å². The number of carbonyl (C=O) groups excluding carboxylic acids is 2. The van der Waals surface area contributed by atoms with Crippen molar-refractivity contribution in [1.82, 2.24) is 9.80 Å². The van der Waals surface area contributed by atoms with Crippen molar-refractivity contribution in [3.05, 3.63) is 106 Å². The first kappa shape index (κ1) is 30.6. The second-order valence-corrected chi connectivity index (χ2v) is 14.7. The molecule has 3 aromatic carbocycles. The number of hydrogen-bond acceptors (Lipinski definition) is 3. The van der Waals surface area contributed by atoms with E-state index in [9.17, 15) is 14.0 Å². The first-order chi connectivity index (χ1) is 21.8. The number of carbonyl (C=O) groups is 2. The molecule has 236 valence electrons. The van der Waals surface area contributed by atoms with Crippen LogP contribution in [0.25, 0.3) is 0 Å². The van der Waals surface area contributed by atoms with Crippen molar-refractivity contribution >= 4 is 23.4 Å². The van der Waals surface area contributed by atoms with Gasteiger partial charge in [0.05, 0.1) is 12.0 Å². The Morgan fingerprint density at radius 1 is 0.867 bits per heavy atom. The average Bonchev–Trinajstić information content (AvgIpc) is 3.72. The van der Waals surface area contributed by atoms with Gasteiger partial charge in [-0.15, -0.1) is 0 Å². The molecule has 0 bridgehead atoms. The summed E-state index contributed by atoms with van der Waals surface area (Å²) in [5.41, 5.74) is 3.08. The van der Waals surface area contributed by atoms with Crippen LogP contribution in [0, 0.1) is 23.1 Å². The van der Waals surface area contributed by atoms with Crippen LogP contribution < -0.4 is 0 Å². The van der Waals surface area contributed by atoms with Gasteiger partial charge in [0.25, 0.3) is 0 Å². The average molecular weight is 629 g/mol. The van der Waals surface area contributed by atoms with E-state index in [1.807, 2.05) is 36.4 Å². The molecule has 0 N–H and O–H groups in total. The Bertz CT molecular complexity index is 1450. The maximum absolute atomic E-state index is 14.7. The van der Waals surface area contributed by atoms with Gasteiger partial charge in [-0.05, 0) is 80.4 Å². The quantitative estimate of drug-likeness (QED) is 0.239. The molecule has 3 aliphatic heterocycles. The van der Waals surface area contributed by atoms with Gasteiger partial charge in [0.15, 0.2) is 0 Å². The van der Waals surface area contributed by atoms with Crippen molar-refractivity contribution in [1.29, 1.82) is 0 Å². The molecule has 4 aliphatic rings. The summed E-state index contributed by atoms with van der Waals surface area (Å²) in [6.07, 6.45) is 5.71. The summed E-state index contributed by atoms with van der Waals surface area (Å²) in [6, 6.07) is 25.2. The molecule has 1 aliphatic carbocycles. The Balaban J connectivity index is 1.05. The van der Waals surface area contributed by atoms with Gasteiger partial charge in [0.1, 0.15) is 18.9 Å². The van der Waals surface area contributed by atoms with Crippen molar-refractivity contribution in [2.24, 2.45) is 17.3 Å². The van der Waals surface area contributed by atoms with E-state index in [0.29, 0.717) is 58.6 Å². The minimum absolute atomic E-state index is 0.258. The normalized spacial score (nSPS) is 26.5. The minimum atomic E-state index is -0.330. The topological polar surface area (TPSA) is 40.6 Å². The molecule has 1 saturated carbocycles. The summed E-state index contributed by atoms with van der Waals surface area (Å²) in [5.74, 6) is 1.74. The van der Waals surface area contributed by atoms with E-state index in [-0.39, 0.29) is 11.2 Å². The second kappa shape index (κ2) is 12.6. The molecule has 0 aromatic heterocycles. The van der Waals surface area contributed by atoms with Crippen LogP contribution in [-0.4, -0.2) is 65.4 Å². The lowest BCUT2D eigenvalue weighted by atomic mass is 9.76. The van der Waals surface area contributed by atoms with Crippen LogP contribution in [-0.2, 0) is 22.7 Å². The SMILES string of the molecule is O=C(CC1CC1)N1C[C@H](CN2CCC3(CC2)CC[N+](Cc2ccc(F)cc2)(Cc2ccc(Cl)cc2)C3=O)[C@@H](c2ccccc2)C1. The van der Waals surface area contributed by atoms with Crippen LogP contribution in [0.15, 0.2) is 78.9 Å². The zero-order valence-electron chi connectivity index (χ0n) is 26.1. The predicted octanol–water partition coefficient (Wildman–Crippen LogP) is 7.05. The number of rotatable bonds is 9. The van der Waals surface area contributed by atoms with E-state index in [4.69, 9.17) is 11.6 Å². The van der Waals surface area contributed by atoms with Crippen molar-refractivity contribution < 1.29 is 18.5 Å². The zero-order chi connectivity index (χ0) is 31.0. The van der Waals surface area contributed by atoms with E-state index in [1.54, 1.807) is 0 Å². The molecule has 3 heterocycles. The molecular formula is C38H44ClFN3O2+. The molecule has 2 amide bonds. The van der Waals surface area contributed by atoms with E-state index >= 15 is 0 Å². The number of halogens is 2. The Morgan fingerprint density at radius 3 is 2.16 bits per heavy atom. The van der Waals surface area contributed by atoms with Gasteiger partial charge in [-0.1, -0.05) is 66.2 Å². The number of piperidine rings is 1. The van der Waals surface area contributed by atoms with Crippen LogP contribution in [0.2, 0.25) is 5.02 Å². The van der Waals surface area contributed by atoms with Crippen LogP contribution in [0.3, 0.4) is 0 Å². The second-order valence-electron chi connectivity index (χ2n) is 14.3. The first-order valence-corrected chi connectivity index (χ1v) is 17.1. The first-order valence-electron chi connectivity index (χ1n) is 16.8. The predicted molar refractivity (Wildman–Crippen MR) is 175 cm³/mol. The van der Waals surface area contributed by atoms with Gasteiger partial charge >= 0.3 is 5.91 Å². The van der Waals surface area contributed by atoms with Gasteiger partial charge in [-0.3, -0.25) is 9.28 Å². The monoisotopic (exact) mass is 628 g/mol. The summed E-state index contributed by atoms with van der Waals surface area (Å²) < 4.78 is 14.1. The number of benzene rings is 3. The van der Waals surface area contributed by atoms with E-state index in [1.165, 1.54) is 30.5 Å². The highest BCUT2D eigenvalue weighted by molar-refractivity contribution is 6.30. The number of likely N-dealkylation sites (tertiary alicyclic amines) is 3. The Morgan fingerprint density at radius 2 is 1.51 bits per heavy atom. The molecule has 4 fully saturated rings. The number of nitrogens with zero attached hydrogens (tertiary/aromatic N) is 3. The van der Waals surface area contributed by atoms with Crippen LogP contribution in [0.1, 0.15) is 61.1 Å². The number of hydrogen-bond donors (Lipinski definition) is 0. The van der Waals surface area contributed by atoms with Gasteiger partial charge in [-0.25, -0.2) is 9.18 Å². The van der Waals surface area contributed by atoms with E-state index in [2.05, 4.69) is 40.1 Å². The summed E-state index contributed by atoms with van der Waals surface area (Å²) in [7, 11) is 0. The fraction of sp³-hybridized carbons (Fsp3) is 0.474.